The van der Waals surface area contributed by atoms with E-state index < -0.39 is 6.04 Å². The molecule has 2 aromatic rings. The predicted molar refractivity (Wildman–Crippen MR) is 107 cm³/mol. The molecule has 3 rings (SSSR count). The lowest BCUT2D eigenvalue weighted by Crippen LogP contribution is -2.47. The molecule has 2 N–H and O–H groups in total. The number of ether oxygens (including phenoxy) is 2. The van der Waals surface area contributed by atoms with Crippen molar-refractivity contribution in [2.75, 3.05) is 6.79 Å². The molecule has 0 saturated heterocycles. The summed E-state index contributed by atoms with van der Waals surface area (Å²) in [5.41, 5.74) is 1.35. The van der Waals surface area contributed by atoms with E-state index in [2.05, 4.69) is 10.6 Å². The van der Waals surface area contributed by atoms with E-state index in [0.29, 0.717) is 35.1 Å². The lowest BCUT2D eigenvalue weighted by atomic mass is 10.0. The third-order valence-corrected chi connectivity index (χ3v) is 4.59. The van der Waals surface area contributed by atoms with E-state index in [1.54, 1.807) is 24.3 Å². The van der Waals surface area contributed by atoms with Crippen molar-refractivity contribution in [3.63, 3.8) is 0 Å². The van der Waals surface area contributed by atoms with Crippen molar-refractivity contribution in [3.8, 4) is 11.5 Å². The summed E-state index contributed by atoms with van der Waals surface area (Å²) >= 11 is 5.86. The van der Waals surface area contributed by atoms with Crippen LogP contribution in [0, 0.1) is 5.92 Å². The van der Waals surface area contributed by atoms with Gasteiger partial charge in [0, 0.05) is 17.1 Å². The number of carbonyl (C=O) groups is 2. The molecule has 0 saturated carbocycles. The molecule has 28 heavy (non-hydrogen) atoms. The zero-order valence-electron chi connectivity index (χ0n) is 15.8. The van der Waals surface area contributed by atoms with Crippen molar-refractivity contribution >= 4 is 23.4 Å². The van der Waals surface area contributed by atoms with Gasteiger partial charge >= 0.3 is 0 Å². The van der Waals surface area contributed by atoms with Gasteiger partial charge in [0.15, 0.2) is 11.5 Å². The topological polar surface area (TPSA) is 76.7 Å². The zero-order chi connectivity index (χ0) is 20.1. The highest BCUT2D eigenvalue weighted by Crippen LogP contribution is 2.32. The number of halogens is 1. The molecule has 0 radical (unpaired) electrons. The first-order valence-corrected chi connectivity index (χ1v) is 9.53. The summed E-state index contributed by atoms with van der Waals surface area (Å²) < 4.78 is 10.6. The first kappa shape index (κ1) is 20.0. The molecule has 7 heteroatoms. The van der Waals surface area contributed by atoms with Crippen LogP contribution in [0.2, 0.25) is 5.02 Å². The minimum atomic E-state index is -0.628. The molecule has 6 nitrogen and oxygen atoms in total. The highest BCUT2D eigenvalue weighted by atomic mass is 35.5. The van der Waals surface area contributed by atoms with Gasteiger partial charge in [-0.25, -0.2) is 0 Å². The number of nitrogens with one attached hydrogen (secondary N) is 2. The molecule has 0 spiro atoms. The Bertz CT molecular complexity index is 852. The Balaban J connectivity index is 1.62. The largest absolute Gasteiger partial charge is 0.454 e. The standard InChI is InChI=1S/C21H23ClN2O4/c1-13(2)9-17(24-20(25)15-4-6-16(22)7-5-15)21(26)23-11-14-3-8-18-19(10-14)28-12-27-18/h3-8,10,13,17H,9,11-12H2,1-2H3,(H,23,26)(H,24,25). The van der Waals surface area contributed by atoms with Gasteiger partial charge in [-0.1, -0.05) is 31.5 Å². The van der Waals surface area contributed by atoms with Crippen molar-refractivity contribution in [2.45, 2.75) is 32.9 Å². The maximum Gasteiger partial charge on any atom is 0.251 e. The molecule has 1 heterocycles. The fourth-order valence-corrected chi connectivity index (χ4v) is 3.04. The van der Waals surface area contributed by atoms with Crippen molar-refractivity contribution in [2.24, 2.45) is 5.92 Å². The van der Waals surface area contributed by atoms with Crippen LogP contribution in [-0.4, -0.2) is 24.6 Å². The van der Waals surface area contributed by atoms with Crippen molar-refractivity contribution in [3.05, 3.63) is 58.6 Å². The van der Waals surface area contributed by atoms with Gasteiger partial charge in [0.05, 0.1) is 0 Å². The average Bonchev–Trinajstić information content (AvgIpc) is 3.13. The van der Waals surface area contributed by atoms with Crippen LogP contribution >= 0.6 is 11.6 Å². The first-order valence-electron chi connectivity index (χ1n) is 9.15. The molecule has 2 aromatic carbocycles. The molecular formula is C21H23ClN2O4. The van der Waals surface area contributed by atoms with Gasteiger partial charge in [-0.05, 0) is 54.3 Å². The van der Waals surface area contributed by atoms with Crippen LogP contribution in [0.1, 0.15) is 36.2 Å². The second-order valence-corrected chi connectivity index (χ2v) is 7.50. The Labute approximate surface area is 169 Å². The van der Waals surface area contributed by atoms with E-state index in [1.807, 2.05) is 32.0 Å². The summed E-state index contributed by atoms with van der Waals surface area (Å²) in [6.45, 7) is 4.55. The molecular weight excluding hydrogens is 380 g/mol. The van der Waals surface area contributed by atoms with Gasteiger partial charge in [0.1, 0.15) is 6.04 Å². The number of fused-ring (bicyclic) bond motifs is 1. The van der Waals surface area contributed by atoms with Crippen LogP contribution in [-0.2, 0) is 11.3 Å². The molecule has 1 unspecified atom stereocenters. The lowest BCUT2D eigenvalue weighted by molar-refractivity contribution is -0.123. The highest BCUT2D eigenvalue weighted by Gasteiger charge is 2.22. The number of hydrogen-bond donors (Lipinski definition) is 2. The smallest absolute Gasteiger partial charge is 0.251 e. The molecule has 0 fully saturated rings. The number of hydrogen-bond acceptors (Lipinski definition) is 4. The molecule has 0 aromatic heterocycles. The molecule has 0 aliphatic carbocycles. The predicted octanol–water partition coefficient (Wildman–Crippen LogP) is 3.53. The van der Waals surface area contributed by atoms with E-state index in [1.165, 1.54) is 0 Å². The zero-order valence-corrected chi connectivity index (χ0v) is 16.6. The van der Waals surface area contributed by atoms with Gasteiger partial charge in [0.25, 0.3) is 5.91 Å². The van der Waals surface area contributed by atoms with E-state index in [0.717, 1.165) is 5.56 Å². The van der Waals surface area contributed by atoms with Crippen molar-refractivity contribution in [1.29, 1.82) is 0 Å². The molecule has 0 bridgehead atoms. The summed E-state index contributed by atoms with van der Waals surface area (Å²) in [6.07, 6.45) is 0.534. The van der Waals surface area contributed by atoms with Crippen LogP contribution in [0.15, 0.2) is 42.5 Å². The van der Waals surface area contributed by atoms with E-state index in [-0.39, 0.29) is 24.5 Å². The van der Waals surface area contributed by atoms with E-state index >= 15 is 0 Å². The fraction of sp³-hybridized carbons (Fsp3) is 0.333. The number of carbonyl (C=O) groups excluding carboxylic acids is 2. The highest BCUT2D eigenvalue weighted by molar-refractivity contribution is 6.30. The fourth-order valence-electron chi connectivity index (χ4n) is 2.91. The summed E-state index contributed by atoms with van der Waals surface area (Å²) in [7, 11) is 0. The normalized spacial score (nSPS) is 13.3. The van der Waals surface area contributed by atoms with Crippen LogP contribution in [0.4, 0.5) is 0 Å². The maximum absolute atomic E-state index is 12.7. The van der Waals surface area contributed by atoms with Gasteiger partial charge in [-0.2, -0.15) is 0 Å². The summed E-state index contributed by atoms with van der Waals surface area (Å²) in [4.78, 5) is 25.2. The van der Waals surface area contributed by atoms with E-state index in [9.17, 15) is 9.59 Å². The van der Waals surface area contributed by atoms with Gasteiger partial charge in [-0.3, -0.25) is 9.59 Å². The van der Waals surface area contributed by atoms with Crippen LogP contribution in [0.25, 0.3) is 0 Å². The molecule has 1 aliphatic rings. The third kappa shape index (κ3) is 5.16. The number of amides is 2. The van der Waals surface area contributed by atoms with E-state index in [4.69, 9.17) is 21.1 Å². The minimum absolute atomic E-state index is 0.207. The van der Waals surface area contributed by atoms with Crippen LogP contribution in [0.3, 0.4) is 0 Å². The Kier molecular flexibility index (Phi) is 6.41. The third-order valence-electron chi connectivity index (χ3n) is 4.34. The maximum atomic E-state index is 12.7. The minimum Gasteiger partial charge on any atom is -0.454 e. The van der Waals surface area contributed by atoms with Gasteiger partial charge < -0.3 is 20.1 Å². The summed E-state index contributed by atoms with van der Waals surface area (Å²) in [5, 5.41) is 6.27. The summed E-state index contributed by atoms with van der Waals surface area (Å²) in [6, 6.07) is 11.5. The number of benzene rings is 2. The second-order valence-electron chi connectivity index (χ2n) is 7.07. The molecule has 148 valence electrons. The number of rotatable bonds is 7. The van der Waals surface area contributed by atoms with Gasteiger partial charge in [0.2, 0.25) is 12.7 Å². The van der Waals surface area contributed by atoms with Crippen LogP contribution < -0.4 is 20.1 Å². The summed E-state index contributed by atoms with van der Waals surface area (Å²) in [5.74, 6) is 1.07. The Morgan fingerprint density at radius 2 is 1.79 bits per heavy atom. The monoisotopic (exact) mass is 402 g/mol. The molecule has 1 aliphatic heterocycles. The van der Waals surface area contributed by atoms with Gasteiger partial charge in [-0.15, -0.1) is 0 Å². The molecule has 2 amide bonds. The SMILES string of the molecule is CC(C)CC(NC(=O)c1ccc(Cl)cc1)C(=O)NCc1ccc2c(c1)OCO2. The Morgan fingerprint density at radius 1 is 1.07 bits per heavy atom. The van der Waals surface area contributed by atoms with Crippen LogP contribution in [0.5, 0.6) is 11.5 Å². The Morgan fingerprint density at radius 3 is 2.50 bits per heavy atom. The second kappa shape index (κ2) is 8.97. The first-order chi connectivity index (χ1) is 13.4. The van der Waals surface area contributed by atoms with Crippen molar-refractivity contribution < 1.29 is 19.1 Å². The molecule has 1 atom stereocenters. The Hall–Kier alpha value is -2.73. The average molecular weight is 403 g/mol. The lowest BCUT2D eigenvalue weighted by Gasteiger charge is -2.20. The quantitative estimate of drug-likeness (QED) is 0.742. The van der Waals surface area contributed by atoms with Crippen molar-refractivity contribution in [1.82, 2.24) is 10.6 Å².